The van der Waals surface area contributed by atoms with Gasteiger partial charge in [0.25, 0.3) is 5.91 Å². The second-order valence-corrected chi connectivity index (χ2v) is 6.58. The molecule has 2 aromatic rings. The lowest BCUT2D eigenvalue weighted by molar-refractivity contribution is -0.120. The number of benzene rings is 2. The number of primary amides is 1. The van der Waals surface area contributed by atoms with E-state index in [1.54, 1.807) is 30.5 Å². The Kier molecular flexibility index (Phi) is 7.70. The lowest BCUT2D eigenvalue weighted by Crippen LogP contribution is -2.20. The van der Waals surface area contributed by atoms with E-state index in [9.17, 15) is 9.59 Å². The van der Waals surface area contributed by atoms with Gasteiger partial charge >= 0.3 is 0 Å². The fourth-order valence-electron chi connectivity index (χ4n) is 1.96. The topological polar surface area (TPSA) is 93.8 Å². The fourth-order valence-corrected chi connectivity index (χ4v) is 2.74. The number of nitrogens with one attached hydrogen (secondary N) is 1. The molecule has 0 aliphatic heterocycles. The van der Waals surface area contributed by atoms with Crippen molar-refractivity contribution in [3.8, 4) is 5.75 Å². The van der Waals surface area contributed by atoms with E-state index in [0.717, 1.165) is 11.3 Å². The maximum atomic E-state index is 11.8. The van der Waals surface area contributed by atoms with Gasteiger partial charge in [0, 0.05) is 5.75 Å². The first-order valence-corrected chi connectivity index (χ1v) is 9.15. The normalized spacial score (nSPS) is 10.7. The number of hydrogen-bond donors (Lipinski definition) is 2. The summed E-state index contributed by atoms with van der Waals surface area (Å²) in [5.41, 5.74) is 10.7. The van der Waals surface area contributed by atoms with Crippen LogP contribution in [0.3, 0.4) is 0 Å². The second-order valence-electron chi connectivity index (χ2n) is 5.60. The van der Waals surface area contributed by atoms with Crippen molar-refractivity contribution >= 4 is 29.8 Å². The number of carbonyl (C=O) groups is 2. The number of nitrogens with zero attached hydrogens (tertiary/aromatic N) is 1. The molecule has 0 radical (unpaired) electrons. The third kappa shape index (κ3) is 7.40. The summed E-state index contributed by atoms with van der Waals surface area (Å²) in [7, 11) is 0. The molecule has 0 heterocycles. The SMILES string of the molecule is Cc1ccc(CSCC(=O)N/N=C\c2ccc(OCC(N)=O)cc2)cc1. The Balaban J connectivity index is 1.69. The van der Waals surface area contributed by atoms with Crippen LogP contribution in [0.4, 0.5) is 0 Å². The van der Waals surface area contributed by atoms with Crippen LogP contribution in [-0.2, 0) is 15.3 Å². The number of thioether (sulfide) groups is 1. The zero-order chi connectivity index (χ0) is 18.8. The minimum Gasteiger partial charge on any atom is -0.484 e. The van der Waals surface area contributed by atoms with E-state index in [1.807, 2.05) is 6.92 Å². The van der Waals surface area contributed by atoms with Crippen LogP contribution in [0, 0.1) is 6.92 Å². The minimum absolute atomic E-state index is 0.153. The van der Waals surface area contributed by atoms with Gasteiger partial charge in [-0.05, 0) is 42.3 Å². The van der Waals surface area contributed by atoms with Crippen molar-refractivity contribution in [1.29, 1.82) is 0 Å². The van der Waals surface area contributed by atoms with E-state index in [1.165, 1.54) is 22.9 Å². The Morgan fingerprint density at radius 1 is 1.15 bits per heavy atom. The van der Waals surface area contributed by atoms with Gasteiger partial charge in [-0.25, -0.2) is 5.43 Å². The van der Waals surface area contributed by atoms with Gasteiger partial charge in [0.2, 0.25) is 5.91 Å². The zero-order valence-electron chi connectivity index (χ0n) is 14.5. The Labute approximate surface area is 156 Å². The molecule has 2 amide bonds. The molecule has 7 heteroatoms. The molecule has 0 aromatic heterocycles. The van der Waals surface area contributed by atoms with Crippen LogP contribution in [-0.4, -0.2) is 30.4 Å². The van der Waals surface area contributed by atoms with E-state index in [2.05, 4.69) is 34.8 Å². The highest BCUT2D eigenvalue weighted by atomic mass is 32.2. The summed E-state index contributed by atoms with van der Waals surface area (Å²) < 4.78 is 5.16. The molecule has 136 valence electrons. The van der Waals surface area contributed by atoms with Crippen LogP contribution in [0.5, 0.6) is 5.75 Å². The fraction of sp³-hybridized carbons (Fsp3) is 0.211. The quantitative estimate of drug-likeness (QED) is 0.522. The molecule has 0 bridgehead atoms. The van der Waals surface area contributed by atoms with Crippen LogP contribution in [0.2, 0.25) is 0 Å². The summed E-state index contributed by atoms with van der Waals surface area (Å²) in [4.78, 5) is 22.4. The Morgan fingerprint density at radius 2 is 1.85 bits per heavy atom. The summed E-state index contributed by atoms with van der Waals surface area (Å²) in [5.74, 6) is 0.978. The summed E-state index contributed by atoms with van der Waals surface area (Å²) >= 11 is 1.54. The summed E-state index contributed by atoms with van der Waals surface area (Å²) in [6.45, 7) is 1.88. The maximum Gasteiger partial charge on any atom is 0.255 e. The van der Waals surface area contributed by atoms with Crippen molar-refractivity contribution in [1.82, 2.24) is 5.43 Å². The third-order valence-electron chi connectivity index (χ3n) is 3.29. The first-order chi connectivity index (χ1) is 12.5. The highest BCUT2D eigenvalue weighted by Gasteiger charge is 2.01. The minimum atomic E-state index is -0.529. The molecule has 3 N–H and O–H groups in total. The van der Waals surface area contributed by atoms with E-state index in [0.29, 0.717) is 11.5 Å². The predicted octanol–water partition coefficient (Wildman–Crippen LogP) is 2.24. The van der Waals surface area contributed by atoms with E-state index in [-0.39, 0.29) is 12.5 Å². The number of carbonyl (C=O) groups excluding carboxylic acids is 2. The molecule has 0 aliphatic rings. The monoisotopic (exact) mass is 371 g/mol. The van der Waals surface area contributed by atoms with Gasteiger partial charge in [0.05, 0.1) is 12.0 Å². The van der Waals surface area contributed by atoms with Crippen molar-refractivity contribution in [3.63, 3.8) is 0 Å². The molecule has 0 unspecified atom stereocenters. The molecule has 0 aliphatic carbocycles. The largest absolute Gasteiger partial charge is 0.484 e. The molecule has 26 heavy (non-hydrogen) atoms. The average Bonchev–Trinajstić information content (AvgIpc) is 2.63. The molecule has 0 fully saturated rings. The highest BCUT2D eigenvalue weighted by molar-refractivity contribution is 7.99. The van der Waals surface area contributed by atoms with E-state index in [4.69, 9.17) is 10.5 Å². The standard InChI is InChI=1S/C19H21N3O3S/c1-14-2-4-16(5-3-14)12-26-13-19(24)22-21-10-15-6-8-17(9-7-15)25-11-18(20)23/h2-10H,11-13H2,1H3,(H2,20,23)(H,22,24)/b21-10-. The number of hydrazone groups is 1. The van der Waals surface area contributed by atoms with E-state index >= 15 is 0 Å². The molecule has 0 saturated heterocycles. The lowest BCUT2D eigenvalue weighted by Gasteiger charge is -2.03. The van der Waals surface area contributed by atoms with E-state index < -0.39 is 5.91 Å². The van der Waals surface area contributed by atoms with Crippen molar-refractivity contribution in [3.05, 3.63) is 65.2 Å². The first kappa shape index (κ1) is 19.5. The number of rotatable bonds is 9. The van der Waals surface area contributed by atoms with Crippen LogP contribution >= 0.6 is 11.8 Å². The summed E-state index contributed by atoms with van der Waals surface area (Å²) in [5, 5.41) is 3.93. The Hall–Kier alpha value is -2.80. The maximum absolute atomic E-state index is 11.8. The molecular weight excluding hydrogens is 350 g/mol. The molecule has 0 spiro atoms. The number of ether oxygens (including phenoxy) is 1. The van der Waals surface area contributed by atoms with Gasteiger partial charge in [0.15, 0.2) is 6.61 Å². The predicted molar refractivity (Wildman–Crippen MR) is 104 cm³/mol. The number of amides is 2. The zero-order valence-corrected chi connectivity index (χ0v) is 15.3. The van der Waals surface area contributed by atoms with Crippen LogP contribution in [0.25, 0.3) is 0 Å². The number of hydrogen-bond acceptors (Lipinski definition) is 5. The van der Waals surface area contributed by atoms with Crippen LogP contribution in [0.1, 0.15) is 16.7 Å². The Bertz CT molecular complexity index is 759. The Morgan fingerprint density at radius 3 is 2.50 bits per heavy atom. The van der Waals surface area contributed by atoms with Gasteiger partial charge in [-0.15, -0.1) is 11.8 Å². The van der Waals surface area contributed by atoms with Crippen molar-refractivity contribution < 1.29 is 14.3 Å². The van der Waals surface area contributed by atoms with Gasteiger partial charge in [-0.1, -0.05) is 29.8 Å². The molecule has 2 rings (SSSR count). The van der Waals surface area contributed by atoms with Gasteiger partial charge in [0.1, 0.15) is 5.75 Å². The molecule has 2 aromatic carbocycles. The van der Waals surface area contributed by atoms with Gasteiger partial charge in [-0.3, -0.25) is 9.59 Å². The molecule has 6 nitrogen and oxygen atoms in total. The second kappa shape index (κ2) is 10.2. The van der Waals surface area contributed by atoms with Crippen molar-refractivity contribution in [2.75, 3.05) is 12.4 Å². The van der Waals surface area contributed by atoms with Crippen LogP contribution < -0.4 is 15.9 Å². The molecular formula is C19H21N3O3S. The summed E-state index contributed by atoms with van der Waals surface area (Å²) in [6.07, 6.45) is 1.54. The van der Waals surface area contributed by atoms with Crippen molar-refractivity contribution in [2.45, 2.75) is 12.7 Å². The number of aryl methyl sites for hydroxylation is 1. The molecule has 0 saturated carbocycles. The smallest absolute Gasteiger partial charge is 0.255 e. The van der Waals surface area contributed by atoms with Crippen molar-refractivity contribution in [2.24, 2.45) is 10.8 Å². The first-order valence-electron chi connectivity index (χ1n) is 7.99. The average molecular weight is 371 g/mol. The highest BCUT2D eigenvalue weighted by Crippen LogP contribution is 2.13. The lowest BCUT2D eigenvalue weighted by atomic mass is 10.2. The third-order valence-corrected chi connectivity index (χ3v) is 4.29. The summed E-state index contributed by atoms with van der Waals surface area (Å²) in [6, 6.07) is 15.2. The van der Waals surface area contributed by atoms with Crippen LogP contribution in [0.15, 0.2) is 53.6 Å². The van der Waals surface area contributed by atoms with Gasteiger partial charge < -0.3 is 10.5 Å². The molecule has 0 atom stereocenters. The number of nitrogens with two attached hydrogens (primary N) is 1. The van der Waals surface area contributed by atoms with Gasteiger partial charge in [-0.2, -0.15) is 5.10 Å².